The summed E-state index contributed by atoms with van der Waals surface area (Å²) in [6, 6.07) is 0. The second kappa shape index (κ2) is 5.73. The van der Waals surface area contributed by atoms with Crippen LogP contribution in [0.25, 0.3) is 0 Å². The normalized spacial score (nSPS) is 25.3. The molecular weight excluding hydrogens is 260 g/mol. The standard InChI is InChI=1S/C17H30N4/c1-4-21-12-15(10-19-21)11-20-14-17(8-6-5-7-9-17)18-13-16(20,2)3/h10,12,18H,4-9,11,13-14H2,1-3H3. The van der Waals surface area contributed by atoms with Crippen molar-refractivity contribution in [2.75, 3.05) is 13.1 Å². The Labute approximate surface area is 128 Å². The van der Waals surface area contributed by atoms with Gasteiger partial charge in [-0.1, -0.05) is 19.3 Å². The van der Waals surface area contributed by atoms with Crippen molar-refractivity contribution in [2.45, 2.75) is 77.0 Å². The van der Waals surface area contributed by atoms with Gasteiger partial charge in [-0.2, -0.15) is 5.10 Å². The third kappa shape index (κ3) is 3.16. The quantitative estimate of drug-likeness (QED) is 0.929. The number of hydrogen-bond acceptors (Lipinski definition) is 3. The van der Waals surface area contributed by atoms with Gasteiger partial charge < -0.3 is 5.32 Å². The van der Waals surface area contributed by atoms with E-state index in [1.807, 2.05) is 10.9 Å². The Morgan fingerprint density at radius 3 is 2.67 bits per heavy atom. The summed E-state index contributed by atoms with van der Waals surface area (Å²) in [5, 5.41) is 8.32. The van der Waals surface area contributed by atoms with E-state index in [4.69, 9.17) is 0 Å². The lowest BCUT2D eigenvalue weighted by atomic mass is 9.77. The predicted molar refractivity (Wildman–Crippen MR) is 86.2 cm³/mol. The van der Waals surface area contributed by atoms with Crippen LogP contribution in [0.15, 0.2) is 12.4 Å². The highest BCUT2D eigenvalue weighted by molar-refractivity contribution is 5.09. The van der Waals surface area contributed by atoms with Crippen molar-refractivity contribution in [3.63, 3.8) is 0 Å². The van der Waals surface area contributed by atoms with Crippen molar-refractivity contribution in [1.29, 1.82) is 0 Å². The highest BCUT2D eigenvalue weighted by Crippen LogP contribution is 2.35. The second-order valence-corrected chi connectivity index (χ2v) is 7.57. The molecule has 0 radical (unpaired) electrons. The van der Waals surface area contributed by atoms with E-state index in [9.17, 15) is 0 Å². The fourth-order valence-electron chi connectivity index (χ4n) is 3.87. The molecule has 118 valence electrons. The van der Waals surface area contributed by atoms with E-state index in [1.165, 1.54) is 44.2 Å². The van der Waals surface area contributed by atoms with Gasteiger partial charge in [-0.15, -0.1) is 0 Å². The van der Waals surface area contributed by atoms with E-state index in [0.717, 1.165) is 19.6 Å². The third-order valence-electron chi connectivity index (χ3n) is 5.44. The van der Waals surface area contributed by atoms with Gasteiger partial charge in [0.1, 0.15) is 0 Å². The summed E-state index contributed by atoms with van der Waals surface area (Å²) < 4.78 is 2.03. The Balaban J connectivity index is 1.73. The lowest BCUT2D eigenvalue weighted by molar-refractivity contribution is 0.00484. The Morgan fingerprint density at radius 1 is 1.24 bits per heavy atom. The van der Waals surface area contributed by atoms with Crippen LogP contribution in [0.5, 0.6) is 0 Å². The van der Waals surface area contributed by atoms with Crippen LogP contribution in [-0.2, 0) is 13.1 Å². The number of nitrogens with zero attached hydrogens (tertiary/aromatic N) is 3. The van der Waals surface area contributed by atoms with E-state index in [2.05, 4.69) is 42.3 Å². The van der Waals surface area contributed by atoms with Crippen molar-refractivity contribution in [3.8, 4) is 0 Å². The summed E-state index contributed by atoms with van der Waals surface area (Å²) >= 11 is 0. The molecule has 0 aromatic carbocycles. The fraction of sp³-hybridized carbons (Fsp3) is 0.824. The zero-order chi connectivity index (χ0) is 14.9. The van der Waals surface area contributed by atoms with E-state index in [0.29, 0.717) is 5.54 Å². The van der Waals surface area contributed by atoms with Crippen LogP contribution in [0, 0.1) is 0 Å². The van der Waals surface area contributed by atoms with Crippen LogP contribution in [0.1, 0.15) is 58.4 Å². The van der Waals surface area contributed by atoms with Crippen molar-refractivity contribution >= 4 is 0 Å². The molecule has 2 heterocycles. The molecule has 1 saturated carbocycles. The highest BCUT2D eigenvalue weighted by atomic mass is 15.3. The van der Waals surface area contributed by atoms with E-state index in [1.54, 1.807) is 0 Å². The number of hydrogen-bond donors (Lipinski definition) is 1. The first-order valence-electron chi connectivity index (χ1n) is 8.54. The predicted octanol–water partition coefficient (Wildman–Crippen LogP) is 2.79. The van der Waals surface area contributed by atoms with Crippen LogP contribution in [0.3, 0.4) is 0 Å². The Morgan fingerprint density at radius 2 is 2.00 bits per heavy atom. The van der Waals surface area contributed by atoms with Crippen molar-refractivity contribution in [1.82, 2.24) is 20.0 Å². The molecule has 2 fully saturated rings. The summed E-state index contributed by atoms with van der Waals surface area (Å²) in [6.45, 7) is 11.1. The molecule has 3 rings (SSSR count). The smallest absolute Gasteiger partial charge is 0.0534 e. The molecule has 1 aliphatic heterocycles. The maximum Gasteiger partial charge on any atom is 0.0534 e. The average molecular weight is 290 g/mol. The van der Waals surface area contributed by atoms with Gasteiger partial charge in [-0.25, -0.2) is 0 Å². The molecule has 1 aromatic heterocycles. The number of aromatic nitrogens is 2. The number of piperazine rings is 1. The van der Waals surface area contributed by atoms with Crippen molar-refractivity contribution in [2.24, 2.45) is 0 Å². The first-order valence-corrected chi connectivity index (χ1v) is 8.54. The summed E-state index contributed by atoms with van der Waals surface area (Å²) in [7, 11) is 0. The van der Waals surface area contributed by atoms with Gasteiger partial charge in [0.25, 0.3) is 0 Å². The minimum Gasteiger partial charge on any atom is -0.308 e. The maximum absolute atomic E-state index is 4.43. The SMILES string of the molecule is CCn1cc(CN2CC3(CCCCC3)NCC2(C)C)cn1. The Hall–Kier alpha value is -0.870. The molecular formula is C17H30N4. The van der Waals surface area contributed by atoms with Crippen molar-refractivity contribution < 1.29 is 0 Å². The molecule has 2 aliphatic rings. The summed E-state index contributed by atoms with van der Waals surface area (Å²) in [5.41, 5.74) is 1.93. The zero-order valence-corrected chi connectivity index (χ0v) is 13.9. The molecule has 0 atom stereocenters. The van der Waals surface area contributed by atoms with E-state index in [-0.39, 0.29) is 5.54 Å². The molecule has 1 spiro atoms. The molecule has 21 heavy (non-hydrogen) atoms. The van der Waals surface area contributed by atoms with Crippen LogP contribution in [-0.4, -0.2) is 38.8 Å². The topological polar surface area (TPSA) is 33.1 Å². The fourth-order valence-corrected chi connectivity index (χ4v) is 3.87. The Kier molecular flexibility index (Phi) is 4.10. The molecule has 1 aliphatic carbocycles. The largest absolute Gasteiger partial charge is 0.308 e. The van der Waals surface area contributed by atoms with Crippen LogP contribution >= 0.6 is 0 Å². The minimum absolute atomic E-state index is 0.219. The lowest BCUT2D eigenvalue weighted by Gasteiger charge is -2.53. The van der Waals surface area contributed by atoms with Gasteiger partial charge in [0.2, 0.25) is 0 Å². The Bertz CT molecular complexity index is 471. The first kappa shape index (κ1) is 15.0. The molecule has 0 bridgehead atoms. The molecule has 1 aromatic rings. The van der Waals surface area contributed by atoms with Crippen LogP contribution in [0.2, 0.25) is 0 Å². The molecule has 0 amide bonds. The second-order valence-electron chi connectivity index (χ2n) is 7.57. The molecule has 4 nitrogen and oxygen atoms in total. The summed E-state index contributed by atoms with van der Waals surface area (Å²) in [4.78, 5) is 2.67. The summed E-state index contributed by atoms with van der Waals surface area (Å²) in [6.07, 6.45) is 11.1. The highest BCUT2D eigenvalue weighted by Gasteiger charge is 2.43. The zero-order valence-electron chi connectivity index (χ0n) is 13.9. The molecule has 0 unspecified atom stereocenters. The maximum atomic E-state index is 4.43. The molecule has 1 N–H and O–H groups in total. The first-order chi connectivity index (χ1) is 10.0. The van der Waals surface area contributed by atoms with Crippen LogP contribution in [0.4, 0.5) is 0 Å². The molecule has 1 saturated heterocycles. The van der Waals surface area contributed by atoms with Crippen molar-refractivity contribution in [3.05, 3.63) is 18.0 Å². The summed E-state index contributed by atoms with van der Waals surface area (Å²) in [5.74, 6) is 0. The molecule has 4 heteroatoms. The van der Waals surface area contributed by atoms with Gasteiger partial charge in [0.15, 0.2) is 0 Å². The van der Waals surface area contributed by atoms with E-state index < -0.39 is 0 Å². The minimum atomic E-state index is 0.219. The van der Waals surface area contributed by atoms with Gasteiger partial charge >= 0.3 is 0 Å². The van der Waals surface area contributed by atoms with Gasteiger partial charge in [0, 0.05) is 49.0 Å². The van der Waals surface area contributed by atoms with E-state index >= 15 is 0 Å². The van der Waals surface area contributed by atoms with Crippen LogP contribution < -0.4 is 5.32 Å². The monoisotopic (exact) mass is 290 g/mol. The van der Waals surface area contributed by atoms with Gasteiger partial charge in [0.05, 0.1) is 6.20 Å². The third-order valence-corrected chi connectivity index (χ3v) is 5.44. The average Bonchev–Trinajstić information content (AvgIpc) is 2.92. The van der Waals surface area contributed by atoms with Gasteiger partial charge in [-0.05, 0) is 33.6 Å². The lowest BCUT2D eigenvalue weighted by Crippen LogP contribution is -2.68. The number of nitrogens with one attached hydrogen (secondary N) is 1. The number of aryl methyl sites for hydroxylation is 1. The number of rotatable bonds is 3. The van der Waals surface area contributed by atoms with Gasteiger partial charge in [-0.3, -0.25) is 9.58 Å².